The summed E-state index contributed by atoms with van der Waals surface area (Å²) >= 11 is 0. The van der Waals surface area contributed by atoms with Crippen molar-refractivity contribution in [2.75, 3.05) is 4.90 Å². The third kappa shape index (κ3) is 3.23. The second-order valence-electron chi connectivity index (χ2n) is 13.2. The molecule has 0 atom stereocenters. The van der Waals surface area contributed by atoms with Gasteiger partial charge in [0.15, 0.2) is 0 Å². The molecule has 212 valence electrons. The smallest absolute Gasteiger partial charge is 0.0724 e. The standard InChI is InChI=1S/C40H32N4/c1-39(2)30-9-5-6-11-34(30)43(27-16-19-41-20-17-27)35-14-12-25(22-32(35)39)26-13-15-36-33(23-26)40(3,4)31-10-7-8-29-28-18-21-42-24-37(28)44(36)38(29)31/h5-24H,1-4H3. The molecule has 0 amide bonds. The summed E-state index contributed by atoms with van der Waals surface area (Å²) < 4.78 is 2.43. The van der Waals surface area contributed by atoms with Crippen LogP contribution < -0.4 is 4.90 Å². The summed E-state index contributed by atoms with van der Waals surface area (Å²) in [5.41, 5.74) is 14.7. The molecule has 7 aromatic rings. The SMILES string of the molecule is CC1(C)c2ccccc2N(c2ccncc2)c2ccc(-c3ccc4c(c3)C(C)(C)c3cccc5c6ccncc6n-4c35)cc21. The molecule has 5 heterocycles. The van der Waals surface area contributed by atoms with Gasteiger partial charge in [-0.2, -0.15) is 0 Å². The highest BCUT2D eigenvalue weighted by atomic mass is 15.2. The Hall–Kier alpha value is -5.22. The lowest BCUT2D eigenvalue weighted by Gasteiger charge is -2.42. The van der Waals surface area contributed by atoms with E-state index in [2.05, 4.69) is 144 Å². The van der Waals surface area contributed by atoms with Crippen LogP contribution in [0.5, 0.6) is 0 Å². The third-order valence-corrected chi connectivity index (χ3v) is 10.2. The van der Waals surface area contributed by atoms with Crippen molar-refractivity contribution in [1.29, 1.82) is 0 Å². The molecule has 4 aromatic carbocycles. The van der Waals surface area contributed by atoms with Crippen molar-refractivity contribution >= 4 is 38.9 Å². The van der Waals surface area contributed by atoms with E-state index in [4.69, 9.17) is 0 Å². The predicted octanol–water partition coefficient (Wildman–Crippen LogP) is 9.99. The average Bonchev–Trinajstić information content (AvgIpc) is 3.39. The summed E-state index contributed by atoms with van der Waals surface area (Å²) in [6.45, 7) is 9.43. The zero-order valence-corrected chi connectivity index (χ0v) is 25.3. The lowest BCUT2D eigenvalue weighted by molar-refractivity contribution is 0.630. The average molecular weight is 569 g/mol. The fraction of sp³-hybridized carbons (Fsp3) is 0.150. The Balaban J connectivity index is 1.25. The van der Waals surface area contributed by atoms with Crippen LogP contribution in [-0.2, 0) is 10.8 Å². The number of aromatic nitrogens is 3. The van der Waals surface area contributed by atoms with Crippen molar-refractivity contribution in [2.24, 2.45) is 0 Å². The van der Waals surface area contributed by atoms with E-state index in [9.17, 15) is 0 Å². The van der Waals surface area contributed by atoms with Crippen molar-refractivity contribution in [3.8, 4) is 16.8 Å². The highest BCUT2D eigenvalue weighted by Gasteiger charge is 2.38. The first-order chi connectivity index (χ1) is 21.4. The van der Waals surface area contributed by atoms with E-state index in [1.54, 1.807) is 0 Å². The monoisotopic (exact) mass is 568 g/mol. The van der Waals surface area contributed by atoms with Crippen LogP contribution in [0.15, 0.2) is 122 Å². The molecule has 0 N–H and O–H groups in total. The van der Waals surface area contributed by atoms with Gasteiger partial charge < -0.3 is 9.47 Å². The van der Waals surface area contributed by atoms with Crippen molar-refractivity contribution in [3.63, 3.8) is 0 Å². The molecule has 44 heavy (non-hydrogen) atoms. The van der Waals surface area contributed by atoms with E-state index in [1.165, 1.54) is 66.7 Å². The molecule has 0 fully saturated rings. The van der Waals surface area contributed by atoms with E-state index >= 15 is 0 Å². The summed E-state index contributed by atoms with van der Waals surface area (Å²) in [5, 5.41) is 2.54. The van der Waals surface area contributed by atoms with Crippen LogP contribution in [-0.4, -0.2) is 14.5 Å². The molecule has 3 aromatic heterocycles. The molecule has 0 spiro atoms. The summed E-state index contributed by atoms with van der Waals surface area (Å²) in [7, 11) is 0. The predicted molar refractivity (Wildman–Crippen MR) is 181 cm³/mol. The van der Waals surface area contributed by atoms with Gasteiger partial charge in [0, 0.05) is 45.9 Å². The maximum absolute atomic E-state index is 4.52. The van der Waals surface area contributed by atoms with Gasteiger partial charge in [0.25, 0.3) is 0 Å². The van der Waals surface area contributed by atoms with Gasteiger partial charge in [-0.15, -0.1) is 0 Å². The van der Waals surface area contributed by atoms with Gasteiger partial charge in [0.05, 0.1) is 34.3 Å². The highest BCUT2D eigenvalue weighted by Crippen LogP contribution is 2.53. The summed E-state index contributed by atoms with van der Waals surface area (Å²) in [4.78, 5) is 11.2. The number of fused-ring (bicyclic) bond motifs is 7. The number of nitrogens with zero attached hydrogens (tertiary/aromatic N) is 4. The van der Waals surface area contributed by atoms with Gasteiger partial charge in [-0.25, -0.2) is 0 Å². The fourth-order valence-corrected chi connectivity index (χ4v) is 7.88. The minimum atomic E-state index is -0.166. The number of para-hydroxylation sites is 2. The number of pyridine rings is 2. The minimum Gasteiger partial charge on any atom is -0.310 e. The number of anilines is 3. The maximum atomic E-state index is 4.52. The molecule has 2 aliphatic heterocycles. The Bertz CT molecular complexity index is 2290. The Labute approximate surface area is 257 Å². The molecule has 4 nitrogen and oxygen atoms in total. The van der Waals surface area contributed by atoms with Crippen molar-refractivity contribution in [1.82, 2.24) is 14.5 Å². The number of rotatable bonds is 2. The second-order valence-corrected chi connectivity index (χ2v) is 13.2. The zero-order chi connectivity index (χ0) is 29.8. The first-order valence-corrected chi connectivity index (χ1v) is 15.3. The Kier molecular flexibility index (Phi) is 4.98. The van der Waals surface area contributed by atoms with Crippen LogP contribution in [0.25, 0.3) is 38.6 Å². The second kappa shape index (κ2) is 8.67. The van der Waals surface area contributed by atoms with Gasteiger partial charge in [-0.1, -0.05) is 76.2 Å². The summed E-state index contributed by atoms with van der Waals surface area (Å²) in [6.07, 6.45) is 7.65. The Morgan fingerprint density at radius 1 is 0.523 bits per heavy atom. The van der Waals surface area contributed by atoms with Gasteiger partial charge in [-0.3, -0.25) is 9.97 Å². The maximum Gasteiger partial charge on any atom is 0.0724 e. The van der Waals surface area contributed by atoms with Gasteiger partial charge >= 0.3 is 0 Å². The molecule has 0 aliphatic carbocycles. The van der Waals surface area contributed by atoms with Crippen LogP contribution in [0.3, 0.4) is 0 Å². The van der Waals surface area contributed by atoms with E-state index in [0.29, 0.717) is 0 Å². The molecule has 0 bridgehead atoms. The third-order valence-electron chi connectivity index (χ3n) is 10.2. The van der Waals surface area contributed by atoms with Gasteiger partial charge in [0.2, 0.25) is 0 Å². The number of benzene rings is 4. The quantitative estimate of drug-likeness (QED) is 0.208. The number of hydrogen-bond donors (Lipinski definition) is 0. The molecule has 0 saturated carbocycles. The minimum absolute atomic E-state index is 0.160. The van der Waals surface area contributed by atoms with Gasteiger partial charge in [0.1, 0.15) is 0 Å². The molecule has 9 rings (SSSR count). The van der Waals surface area contributed by atoms with Crippen LogP contribution >= 0.6 is 0 Å². The zero-order valence-electron chi connectivity index (χ0n) is 25.3. The molecule has 0 saturated heterocycles. The van der Waals surface area contributed by atoms with Crippen molar-refractivity contribution < 1.29 is 0 Å². The van der Waals surface area contributed by atoms with Crippen molar-refractivity contribution in [3.05, 3.63) is 144 Å². The Morgan fingerprint density at radius 3 is 1.95 bits per heavy atom. The Morgan fingerprint density at radius 2 is 1.16 bits per heavy atom. The van der Waals surface area contributed by atoms with Crippen molar-refractivity contribution in [2.45, 2.75) is 38.5 Å². The molecule has 2 aliphatic rings. The molecule has 0 unspecified atom stereocenters. The van der Waals surface area contributed by atoms with E-state index in [0.717, 1.165) is 11.2 Å². The largest absolute Gasteiger partial charge is 0.310 e. The van der Waals surface area contributed by atoms with Crippen LogP contribution in [0, 0.1) is 0 Å². The fourth-order valence-electron chi connectivity index (χ4n) is 7.88. The van der Waals surface area contributed by atoms with Crippen LogP contribution in [0.2, 0.25) is 0 Å². The summed E-state index contributed by atoms with van der Waals surface area (Å²) in [6, 6.07) is 35.9. The van der Waals surface area contributed by atoms with E-state index in [-0.39, 0.29) is 10.8 Å². The normalized spacial score (nSPS) is 15.6. The number of hydrogen-bond acceptors (Lipinski definition) is 3. The van der Waals surface area contributed by atoms with Gasteiger partial charge in [-0.05, 0) is 81.9 Å². The first kappa shape index (κ1) is 25.3. The molecule has 4 heteroatoms. The van der Waals surface area contributed by atoms with E-state index in [1.807, 2.05) is 24.8 Å². The lowest BCUT2D eigenvalue weighted by atomic mass is 9.72. The molecular formula is C40H32N4. The van der Waals surface area contributed by atoms with Crippen LogP contribution in [0.4, 0.5) is 17.1 Å². The topological polar surface area (TPSA) is 34.0 Å². The van der Waals surface area contributed by atoms with Crippen LogP contribution in [0.1, 0.15) is 49.9 Å². The van der Waals surface area contributed by atoms with E-state index < -0.39 is 0 Å². The molecular weight excluding hydrogens is 536 g/mol. The first-order valence-electron chi connectivity index (χ1n) is 15.3. The summed E-state index contributed by atoms with van der Waals surface area (Å²) in [5.74, 6) is 0. The lowest BCUT2D eigenvalue weighted by Crippen LogP contribution is -2.30. The highest BCUT2D eigenvalue weighted by molar-refractivity contribution is 6.11. The molecule has 0 radical (unpaired) electrons.